The smallest absolute Gasteiger partial charge is 0.0482 e. The Hall–Kier alpha value is -0.900. The highest BCUT2D eigenvalue weighted by atomic mass is 15.3. The van der Waals surface area contributed by atoms with Crippen LogP contribution in [0.3, 0.4) is 0 Å². The Balaban J connectivity index is 1.92. The number of nitrogens with one attached hydrogen (secondary N) is 1. The van der Waals surface area contributed by atoms with E-state index in [9.17, 15) is 0 Å². The maximum Gasteiger partial charge on any atom is 0.0482 e. The van der Waals surface area contributed by atoms with E-state index < -0.39 is 0 Å². The first-order valence-electron chi connectivity index (χ1n) is 7.37. The van der Waals surface area contributed by atoms with Crippen molar-refractivity contribution < 1.29 is 0 Å². The van der Waals surface area contributed by atoms with Gasteiger partial charge in [0.2, 0.25) is 0 Å². The van der Waals surface area contributed by atoms with E-state index in [1.807, 2.05) is 0 Å². The fraction of sp³-hybridized carbons (Fsp3) is 0.625. The van der Waals surface area contributed by atoms with Crippen molar-refractivity contribution in [1.29, 1.82) is 0 Å². The lowest BCUT2D eigenvalue weighted by Crippen LogP contribution is -2.61. The molecule has 2 heterocycles. The highest BCUT2D eigenvalue weighted by molar-refractivity contribution is 5.33. The third kappa shape index (κ3) is 2.55. The van der Waals surface area contributed by atoms with Crippen LogP contribution in [0.5, 0.6) is 0 Å². The van der Waals surface area contributed by atoms with Gasteiger partial charge < -0.3 is 10.2 Å². The third-order valence-electron chi connectivity index (χ3n) is 4.59. The third-order valence-corrected chi connectivity index (χ3v) is 4.59. The van der Waals surface area contributed by atoms with Gasteiger partial charge in [-0.05, 0) is 32.0 Å². The highest BCUT2D eigenvalue weighted by Gasteiger charge is 2.35. The number of rotatable bonds is 1. The van der Waals surface area contributed by atoms with Gasteiger partial charge in [0.15, 0.2) is 0 Å². The fourth-order valence-electron chi connectivity index (χ4n) is 3.67. The summed E-state index contributed by atoms with van der Waals surface area (Å²) in [7, 11) is 2.25. The Morgan fingerprint density at radius 2 is 2.05 bits per heavy atom. The van der Waals surface area contributed by atoms with Crippen LogP contribution in [0.25, 0.3) is 0 Å². The molecule has 2 aliphatic heterocycles. The van der Waals surface area contributed by atoms with E-state index >= 15 is 0 Å². The summed E-state index contributed by atoms with van der Waals surface area (Å²) in [4.78, 5) is 5.20. The molecule has 1 N–H and O–H groups in total. The van der Waals surface area contributed by atoms with Gasteiger partial charge in [-0.1, -0.05) is 23.8 Å². The molecule has 104 valence electrons. The molecule has 3 rings (SSSR count). The van der Waals surface area contributed by atoms with Gasteiger partial charge in [0.25, 0.3) is 0 Å². The van der Waals surface area contributed by atoms with Crippen LogP contribution < -0.4 is 5.32 Å². The van der Waals surface area contributed by atoms with Crippen LogP contribution in [0.2, 0.25) is 0 Å². The summed E-state index contributed by atoms with van der Waals surface area (Å²) in [5.41, 5.74) is 4.32. The maximum atomic E-state index is 3.53. The molecule has 2 fully saturated rings. The van der Waals surface area contributed by atoms with Gasteiger partial charge in [-0.25, -0.2) is 0 Å². The molecule has 0 radical (unpaired) electrons. The van der Waals surface area contributed by atoms with Gasteiger partial charge >= 0.3 is 0 Å². The molecule has 19 heavy (non-hydrogen) atoms. The zero-order valence-electron chi connectivity index (χ0n) is 12.3. The molecule has 1 aromatic carbocycles. The largest absolute Gasteiger partial charge is 0.314 e. The standard InChI is InChI=1S/C16H25N3/c1-12-4-5-15(13(2)8-12)16-11-18(3)10-14-9-17-6-7-19(14)16/h4-5,8,14,16-17H,6-7,9-11H2,1-3H3. The quantitative estimate of drug-likeness (QED) is 0.826. The zero-order valence-corrected chi connectivity index (χ0v) is 12.3. The van der Waals surface area contributed by atoms with Gasteiger partial charge in [0, 0.05) is 44.8 Å². The van der Waals surface area contributed by atoms with Crippen LogP contribution in [-0.4, -0.2) is 55.6 Å². The van der Waals surface area contributed by atoms with Crippen molar-refractivity contribution >= 4 is 0 Å². The van der Waals surface area contributed by atoms with Crippen molar-refractivity contribution in [2.75, 3.05) is 39.8 Å². The number of hydrogen-bond donors (Lipinski definition) is 1. The Kier molecular flexibility index (Phi) is 3.61. The number of likely N-dealkylation sites (N-methyl/N-ethyl adjacent to an activating group) is 1. The van der Waals surface area contributed by atoms with Crippen LogP contribution >= 0.6 is 0 Å². The molecular formula is C16H25N3. The molecule has 0 spiro atoms. The van der Waals surface area contributed by atoms with Crippen molar-refractivity contribution in [1.82, 2.24) is 15.1 Å². The first kappa shape index (κ1) is 13.1. The second-order valence-corrected chi connectivity index (χ2v) is 6.19. The van der Waals surface area contributed by atoms with E-state index in [4.69, 9.17) is 0 Å². The molecular weight excluding hydrogens is 234 g/mol. The molecule has 0 aliphatic carbocycles. The van der Waals surface area contributed by atoms with Crippen molar-refractivity contribution in [3.8, 4) is 0 Å². The van der Waals surface area contributed by atoms with Crippen LogP contribution in [-0.2, 0) is 0 Å². The average Bonchev–Trinajstić information content (AvgIpc) is 2.38. The molecule has 3 nitrogen and oxygen atoms in total. The lowest BCUT2D eigenvalue weighted by Gasteiger charge is -2.48. The minimum atomic E-state index is 0.562. The van der Waals surface area contributed by atoms with Crippen LogP contribution in [0.4, 0.5) is 0 Å². The van der Waals surface area contributed by atoms with Crippen LogP contribution in [0.15, 0.2) is 18.2 Å². The van der Waals surface area contributed by atoms with Crippen LogP contribution in [0, 0.1) is 13.8 Å². The molecule has 0 bridgehead atoms. The number of benzene rings is 1. The van der Waals surface area contributed by atoms with Crippen molar-refractivity contribution in [2.45, 2.75) is 25.9 Å². The number of hydrogen-bond acceptors (Lipinski definition) is 3. The SMILES string of the molecule is Cc1ccc(C2CN(C)CC3CNCCN32)c(C)c1. The van der Waals surface area contributed by atoms with Gasteiger partial charge in [-0.3, -0.25) is 4.90 Å². The second kappa shape index (κ2) is 5.23. The first-order chi connectivity index (χ1) is 9.15. The number of nitrogens with zero attached hydrogens (tertiary/aromatic N) is 2. The summed E-state index contributed by atoms with van der Waals surface area (Å²) in [6.07, 6.45) is 0. The van der Waals surface area contributed by atoms with Crippen LogP contribution in [0.1, 0.15) is 22.7 Å². The summed E-state index contributed by atoms with van der Waals surface area (Å²) in [6, 6.07) is 8.15. The molecule has 2 aliphatic rings. The lowest BCUT2D eigenvalue weighted by molar-refractivity contribution is 0.0192. The minimum Gasteiger partial charge on any atom is -0.314 e. The predicted octanol–water partition coefficient (Wildman–Crippen LogP) is 1.56. The summed E-state index contributed by atoms with van der Waals surface area (Å²) >= 11 is 0. The number of aryl methyl sites for hydroxylation is 2. The summed E-state index contributed by atoms with van der Waals surface area (Å²) in [5, 5.41) is 3.53. The Labute approximate surface area is 116 Å². The summed E-state index contributed by atoms with van der Waals surface area (Å²) < 4.78 is 0. The van der Waals surface area contributed by atoms with Gasteiger partial charge in [-0.2, -0.15) is 0 Å². The summed E-state index contributed by atoms with van der Waals surface area (Å²) in [5.74, 6) is 0. The van der Waals surface area contributed by atoms with E-state index in [1.165, 1.54) is 29.8 Å². The molecule has 0 amide bonds. The lowest BCUT2D eigenvalue weighted by atomic mass is 9.93. The van der Waals surface area contributed by atoms with E-state index in [0.717, 1.165) is 19.6 Å². The predicted molar refractivity (Wildman–Crippen MR) is 79.5 cm³/mol. The summed E-state index contributed by atoms with van der Waals surface area (Å²) in [6.45, 7) is 10.2. The van der Waals surface area contributed by atoms with Crippen molar-refractivity contribution in [3.05, 3.63) is 34.9 Å². The highest BCUT2D eigenvalue weighted by Crippen LogP contribution is 2.31. The molecule has 0 aromatic heterocycles. The maximum absolute atomic E-state index is 3.53. The Morgan fingerprint density at radius 3 is 2.84 bits per heavy atom. The normalized spacial score (nSPS) is 29.2. The fourth-order valence-corrected chi connectivity index (χ4v) is 3.67. The van der Waals surface area contributed by atoms with E-state index in [1.54, 1.807) is 0 Å². The molecule has 1 aromatic rings. The molecule has 3 heteroatoms. The van der Waals surface area contributed by atoms with E-state index in [2.05, 4.69) is 54.2 Å². The monoisotopic (exact) mass is 259 g/mol. The zero-order chi connectivity index (χ0) is 13.4. The van der Waals surface area contributed by atoms with Gasteiger partial charge in [0.05, 0.1) is 0 Å². The Bertz CT molecular complexity index is 457. The number of piperazine rings is 2. The Morgan fingerprint density at radius 1 is 1.21 bits per heavy atom. The van der Waals surface area contributed by atoms with E-state index in [-0.39, 0.29) is 0 Å². The average molecular weight is 259 g/mol. The minimum absolute atomic E-state index is 0.562. The number of fused-ring (bicyclic) bond motifs is 1. The second-order valence-electron chi connectivity index (χ2n) is 6.19. The van der Waals surface area contributed by atoms with Gasteiger partial charge in [-0.15, -0.1) is 0 Å². The van der Waals surface area contributed by atoms with Crippen molar-refractivity contribution in [2.24, 2.45) is 0 Å². The van der Waals surface area contributed by atoms with Crippen molar-refractivity contribution in [3.63, 3.8) is 0 Å². The molecule has 2 atom stereocenters. The molecule has 2 unspecified atom stereocenters. The van der Waals surface area contributed by atoms with E-state index in [0.29, 0.717) is 12.1 Å². The topological polar surface area (TPSA) is 18.5 Å². The molecule has 0 saturated carbocycles. The molecule has 2 saturated heterocycles. The van der Waals surface area contributed by atoms with Gasteiger partial charge in [0.1, 0.15) is 0 Å². The first-order valence-corrected chi connectivity index (χ1v) is 7.37.